The van der Waals surface area contributed by atoms with E-state index in [9.17, 15) is 0 Å². The molecule has 0 saturated heterocycles. The first-order valence-corrected chi connectivity index (χ1v) is 3.98. The van der Waals surface area contributed by atoms with Crippen LogP contribution in [0.3, 0.4) is 0 Å². The molecular weight excluding hydrogens is 156 g/mol. The number of benzene rings is 1. The fraction of sp³-hybridized carbons (Fsp3) is 0.200. The van der Waals surface area contributed by atoms with E-state index in [1.807, 2.05) is 25.1 Å². The lowest BCUT2D eigenvalue weighted by atomic mass is 10.1. The first-order valence-electron chi connectivity index (χ1n) is 3.60. The van der Waals surface area contributed by atoms with Gasteiger partial charge < -0.3 is 0 Å². The molecule has 1 heteroatoms. The largest absolute Gasteiger partial charge is 0.103 e. The molecule has 0 aliphatic rings. The first kappa shape index (κ1) is 8.35. The molecule has 0 spiro atoms. The zero-order valence-corrected chi connectivity index (χ0v) is 7.36. The highest BCUT2D eigenvalue weighted by Crippen LogP contribution is 2.18. The van der Waals surface area contributed by atoms with Crippen LogP contribution in [0.4, 0.5) is 0 Å². The van der Waals surface area contributed by atoms with E-state index in [1.165, 1.54) is 5.56 Å². The summed E-state index contributed by atoms with van der Waals surface area (Å²) in [6, 6.07) is 5.94. The van der Waals surface area contributed by atoms with Crippen LogP contribution in [0.25, 0.3) is 0 Å². The summed E-state index contributed by atoms with van der Waals surface area (Å²) in [7, 11) is 0. The van der Waals surface area contributed by atoms with Gasteiger partial charge in [-0.15, -0.1) is 6.58 Å². The quantitative estimate of drug-likeness (QED) is 0.591. The van der Waals surface area contributed by atoms with Crippen molar-refractivity contribution < 1.29 is 0 Å². The highest BCUT2D eigenvalue weighted by Gasteiger charge is 1.98. The minimum absolute atomic E-state index is 0.837. The molecule has 0 unspecified atom stereocenters. The van der Waals surface area contributed by atoms with Crippen molar-refractivity contribution in [3.63, 3.8) is 0 Å². The minimum atomic E-state index is 0.837. The van der Waals surface area contributed by atoms with Crippen molar-refractivity contribution in [1.29, 1.82) is 0 Å². The van der Waals surface area contributed by atoms with Crippen LogP contribution >= 0.6 is 11.6 Å². The minimum Gasteiger partial charge on any atom is -0.103 e. The fourth-order valence-electron chi connectivity index (χ4n) is 1.03. The molecule has 0 atom stereocenters. The highest BCUT2D eigenvalue weighted by atomic mass is 35.5. The Morgan fingerprint density at radius 1 is 1.55 bits per heavy atom. The summed E-state index contributed by atoms with van der Waals surface area (Å²) in [4.78, 5) is 0. The molecular formula is C10H11Cl. The predicted molar refractivity (Wildman–Crippen MR) is 50.1 cm³/mol. The van der Waals surface area contributed by atoms with Crippen molar-refractivity contribution in [2.75, 3.05) is 0 Å². The topological polar surface area (TPSA) is 0 Å². The average molecular weight is 167 g/mol. The normalized spacial score (nSPS) is 9.64. The van der Waals surface area contributed by atoms with E-state index in [4.69, 9.17) is 11.6 Å². The molecule has 0 fully saturated rings. The molecule has 1 rings (SSSR count). The van der Waals surface area contributed by atoms with Gasteiger partial charge in [0.2, 0.25) is 0 Å². The van der Waals surface area contributed by atoms with Gasteiger partial charge in [-0.2, -0.15) is 0 Å². The van der Waals surface area contributed by atoms with Crippen LogP contribution in [0.5, 0.6) is 0 Å². The van der Waals surface area contributed by atoms with Gasteiger partial charge in [0.25, 0.3) is 0 Å². The molecule has 1 aromatic rings. The second kappa shape index (κ2) is 3.59. The van der Waals surface area contributed by atoms with Gasteiger partial charge in [0.15, 0.2) is 0 Å². The lowest BCUT2D eigenvalue weighted by molar-refractivity contribution is 1.22. The summed E-state index contributed by atoms with van der Waals surface area (Å²) in [6.45, 7) is 5.71. The Balaban J connectivity index is 3.05. The predicted octanol–water partition coefficient (Wildman–Crippen LogP) is 3.38. The first-order chi connectivity index (χ1) is 5.25. The SMILES string of the molecule is C=CCc1cccc(Cl)c1C. The van der Waals surface area contributed by atoms with Crippen LogP contribution in [0.1, 0.15) is 11.1 Å². The number of hydrogen-bond donors (Lipinski definition) is 0. The zero-order valence-electron chi connectivity index (χ0n) is 6.60. The van der Waals surface area contributed by atoms with Crippen molar-refractivity contribution in [1.82, 2.24) is 0 Å². The van der Waals surface area contributed by atoms with Crippen LogP contribution in [0.2, 0.25) is 5.02 Å². The van der Waals surface area contributed by atoms with E-state index in [0.29, 0.717) is 0 Å². The van der Waals surface area contributed by atoms with E-state index in [1.54, 1.807) is 0 Å². The van der Waals surface area contributed by atoms with Gasteiger partial charge >= 0.3 is 0 Å². The van der Waals surface area contributed by atoms with Crippen LogP contribution < -0.4 is 0 Å². The second-order valence-corrected chi connectivity index (χ2v) is 2.92. The van der Waals surface area contributed by atoms with E-state index in [0.717, 1.165) is 17.0 Å². The molecule has 0 nitrogen and oxygen atoms in total. The molecule has 0 aliphatic heterocycles. The third-order valence-electron chi connectivity index (χ3n) is 1.74. The van der Waals surface area contributed by atoms with Crippen molar-refractivity contribution in [2.45, 2.75) is 13.3 Å². The summed E-state index contributed by atoms with van der Waals surface area (Å²) in [5.74, 6) is 0. The van der Waals surface area contributed by atoms with Crippen molar-refractivity contribution in [3.05, 3.63) is 47.0 Å². The molecule has 0 aromatic heterocycles. The fourth-order valence-corrected chi connectivity index (χ4v) is 1.22. The summed E-state index contributed by atoms with van der Waals surface area (Å²) in [5.41, 5.74) is 2.42. The molecule has 0 bridgehead atoms. The van der Waals surface area contributed by atoms with Gasteiger partial charge in [-0.1, -0.05) is 29.8 Å². The Hall–Kier alpha value is -0.750. The molecule has 0 N–H and O–H groups in total. The van der Waals surface area contributed by atoms with Gasteiger partial charge in [0.05, 0.1) is 0 Å². The van der Waals surface area contributed by atoms with Crippen molar-refractivity contribution in [2.24, 2.45) is 0 Å². The second-order valence-electron chi connectivity index (χ2n) is 2.52. The smallest absolute Gasteiger partial charge is 0.0438 e. The van der Waals surface area contributed by atoms with E-state index in [-0.39, 0.29) is 0 Å². The number of allylic oxidation sites excluding steroid dienone is 1. The lowest BCUT2D eigenvalue weighted by Gasteiger charge is -2.03. The van der Waals surface area contributed by atoms with Crippen molar-refractivity contribution in [3.8, 4) is 0 Å². The maximum absolute atomic E-state index is 5.92. The third kappa shape index (κ3) is 1.84. The molecule has 11 heavy (non-hydrogen) atoms. The highest BCUT2D eigenvalue weighted by molar-refractivity contribution is 6.31. The van der Waals surface area contributed by atoms with E-state index >= 15 is 0 Å². The molecule has 0 saturated carbocycles. The maximum Gasteiger partial charge on any atom is 0.0438 e. The van der Waals surface area contributed by atoms with Crippen LogP contribution in [-0.4, -0.2) is 0 Å². The van der Waals surface area contributed by atoms with Crippen LogP contribution in [-0.2, 0) is 6.42 Å². The Morgan fingerprint density at radius 3 is 2.91 bits per heavy atom. The van der Waals surface area contributed by atoms with Gasteiger partial charge in [0, 0.05) is 5.02 Å². The molecule has 0 aliphatic carbocycles. The third-order valence-corrected chi connectivity index (χ3v) is 2.15. The number of rotatable bonds is 2. The molecule has 1 aromatic carbocycles. The number of halogens is 1. The zero-order chi connectivity index (χ0) is 8.27. The maximum atomic E-state index is 5.92. The molecule has 58 valence electrons. The standard InChI is InChI=1S/C10H11Cl/c1-3-5-9-6-4-7-10(11)8(9)2/h3-4,6-7H,1,5H2,2H3. The summed E-state index contributed by atoms with van der Waals surface area (Å²) >= 11 is 5.92. The summed E-state index contributed by atoms with van der Waals surface area (Å²) < 4.78 is 0. The van der Waals surface area contributed by atoms with E-state index < -0.39 is 0 Å². The van der Waals surface area contributed by atoms with Crippen LogP contribution in [0, 0.1) is 6.92 Å². The average Bonchev–Trinajstić information content (AvgIpc) is 1.99. The van der Waals surface area contributed by atoms with Crippen molar-refractivity contribution >= 4 is 11.6 Å². The lowest BCUT2D eigenvalue weighted by Crippen LogP contribution is -1.86. The van der Waals surface area contributed by atoms with Gasteiger partial charge in [0.1, 0.15) is 0 Å². The monoisotopic (exact) mass is 166 g/mol. The van der Waals surface area contributed by atoms with E-state index in [2.05, 4.69) is 12.6 Å². The Morgan fingerprint density at radius 2 is 2.27 bits per heavy atom. The van der Waals surface area contributed by atoms with Gasteiger partial charge in [-0.3, -0.25) is 0 Å². The Bertz CT molecular complexity index is 264. The Kier molecular flexibility index (Phi) is 2.72. The number of hydrogen-bond acceptors (Lipinski definition) is 0. The van der Waals surface area contributed by atoms with Gasteiger partial charge in [-0.25, -0.2) is 0 Å². The molecule has 0 radical (unpaired) electrons. The summed E-state index contributed by atoms with van der Waals surface area (Å²) in [6.07, 6.45) is 2.78. The summed E-state index contributed by atoms with van der Waals surface area (Å²) in [5, 5.41) is 0.837. The molecule has 0 heterocycles. The van der Waals surface area contributed by atoms with Crippen LogP contribution in [0.15, 0.2) is 30.9 Å². The molecule has 0 amide bonds. The van der Waals surface area contributed by atoms with Gasteiger partial charge in [-0.05, 0) is 30.5 Å². The Labute approximate surface area is 72.5 Å².